The molecule has 0 radical (unpaired) electrons. The minimum Gasteiger partial charge on any atom is -0.338 e. The van der Waals surface area contributed by atoms with Crippen LogP contribution in [-0.4, -0.2) is 38.3 Å². The van der Waals surface area contributed by atoms with Crippen LogP contribution in [0.4, 0.5) is 0 Å². The molecule has 0 spiro atoms. The fourth-order valence-corrected chi connectivity index (χ4v) is 4.43. The molecule has 1 aliphatic heterocycles. The Labute approximate surface area is 138 Å². The first kappa shape index (κ1) is 15.6. The van der Waals surface area contributed by atoms with Gasteiger partial charge >= 0.3 is 0 Å². The van der Waals surface area contributed by atoms with Gasteiger partial charge < -0.3 is 4.90 Å². The summed E-state index contributed by atoms with van der Waals surface area (Å²) >= 11 is 3.35. The SMILES string of the molecule is CCSc1nc(CC(=O)N2CCc3[nH]nc(CC)c3C2)cs1. The number of nitrogens with zero attached hydrogens (tertiary/aromatic N) is 3. The van der Waals surface area contributed by atoms with E-state index in [-0.39, 0.29) is 5.91 Å². The third-order valence-corrected chi connectivity index (χ3v) is 5.79. The van der Waals surface area contributed by atoms with E-state index in [1.54, 1.807) is 23.1 Å². The van der Waals surface area contributed by atoms with Gasteiger partial charge in [0.25, 0.3) is 0 Å². The zero-order valence-electron chi connectivity index (χ0n) is 12.9. The van der Waals surface area contributed by atoms with Crippen molar-refractivity contribution in [3.8, 4) is 0 Å². The molecule has 2 aromatic heterocycles. The predicted molar refractivity (Wildman–Crippen MR) is 89.3 cm³/mol. The Morgan fingerprint density at radius 3 is 3.14 bits per heavy atom. The lowest BCUT2D eigenvalue weighted by Gasteiger charge is -2.27. The molecule has 0 atom stereocenters. The van der Waals surface area contributed by atoms with Crippen LogP contribution in [0.1, 0.15) is 36.5 Å². The Hall–Kier alpha value is -1.34. The molecule has 0 saturated heterocycles. The normalized spacial score (nSPS) is 14.2. The number of hydrogen-bond donors (Lipinski definition) is 1. The molecule has 3 heterocycles. The number of carbonyl (C=O) groups is 1. The Kier molecular flexibility index (Phi) is 4.83. The van der Waals surface area contributed by atoms with Gasteiger partial charge in [-0.05, 0) is 12.2 Å². The number of nitrogens with one attached hydrogen (secondary N) is 1. The van der Waals surface area contributed by atoms with Crippen molar-refractivity contribution >= 4 is 29.0 Å². The summed E-state index contributed by atoms with van der Waals surface area (Å²) in [5, 5.41) is 9.44. The van der Waals surface area contributed by atoms with Crippen LogP contribution in [0.25, 0.3) is 0 Å². The molecule has 2 aromatic rings. The molecule has 118 valence electrons. The molecule has 1 aliphatic rings. The number of rotatable bonds is 5. The Bertz CT molecular complexity index is 651. The maximum absolute atomic E-state index is 12.5. The molecule has 7 heteroatoms. The summed E-state index contributed by atoms with van der Waals surface area (Å²) in [5.41, 5.74) is 4.38. The number of hydrogen-bond acceptors (Lipinski definition) is 5. The highest BCUT2D eigenvalue weighted by Gasteiger charge is 2.25. The largest absolute Gasteiger partial charge is 0.338 e. The van der Waals surface area contributed by atoms with E-state index in [9.17, 15) is 4.79 Å². The average Bonchev–Trinajstić information content (AvgIpc) is 3.13. The Balaban J connectivity index is 1.65. The lowest BCUT2D eigenvalue weighted by Crippen LogP contribution is -2.37. The Morgan fingerprint density at radius 2 is 2.36 bits per heavy atom. The van der Waals surface area contributed by atoms with Gasteiger partial charge in [-0.1, -0.05) is 25.6 Å². The van der Waals surface area contributed by atoms with Crippen molar-refractivity contribution < 1.29 is 4.79 Å². The predicted octanol–water partition coefficient (Wildman–Crippen LogP) is 2.67. The van der Waals surface area contributed by atoms with Gasteiger partial charge in [0.2, 0.25) is 5.91 Å². The van der Waals surface area contributed by atoms with Crippen LogP contribution >= 0.6 is 23.1 Å². The van der Waals surface area contributed by atoms with Crippen LogP contribution in [0.5, 0.6) is 0 Å². The summed E-state index contributed by atoms with van der Waals surface area (Å²) in [6.07, 6.45) is 2.16. The highest BCUT2D eigenvalue weighted by molar-refractivity contribution is 8.00. The van der Waals surface area contributed by atoms with E-state index in [4.69, 9.17) is 0 Å². The lowest BCUT2D eigenvalue weighted by atomic mass is 10.0. The summed E-state index contributed by atoms with van der Waals surface area (Å²) in [4.78, 5) is 19.0. The molecule has 5 nitrogen and oxygen atoms in total. The van der Waals surface area contributed by atoms with E-state index in [0.29, 0.717) is 13.0 Å². The van der Waals surface area contributed by atoms with Crippen LogP contribution in [-0.2, 0) is 30.6 Å². The van der Waals surface area contributed by atoms with Crippen molar-refractivity contribution in [3.05, 3.63) is 28.0 Å². The number of amides is 1. The third-order valence-electron chi connectivity index (χ3n) is 3.84. The molecule has 0 unspecified atom stereocenters. The highest BCUT2D eigenvalue weighted by Crippen LogP contribution is 2.24. The summed E-state index contributed by atoms with van der Waals surface area (Å²) in [5.74, 6) is 1.17. The van der Waals surface area contributed by atoms with Gasteiger partial charge in [0.05, 0.1) is 17.8 Å². The fourth-order valence-electron chi connectivity index (χ4n) is 2.69. The third kappa shape index (κ3) is 3.20. The van der Waals surface area contributed by atoms with Crippen molar-refractivity contribution in [1.82, 2.24) is 20.1 Å². The number of thioether (sulfide) groups is 1. The van der Waals surface area contributed by atoms with Crippen LogP contribution in [0.15, 0.2) is 9.72 Å². The van der Waals surface area contributed by atoms with Gasteiger partial charge in [-0.2, -0.15) is 5.10 Å². The lowest BCUT2D eigenvalue weighted by molar-refractivity contribution is -0.131. The first-order chi connectivity index (χ1) is 10.7. The molecular formula is C15H20N4OS2. The first-order valence-electron chi connectivity index (χ1n) is 7.61. The van der Waals surface area contributed by atoms with E-state index < -0.39 is 0 Å². The highest BCUT2D eigenvalue weighted by atomic mass is 32.2. The molecule has 3 rings (SSSR count). The van der Waals surface area contributed by atoms with Gasteiger partial charge in [-0.3, -0.25) is 9.89 Å². The van der Waals surface area contributed by atoms with Crippen LogP contribution < -0.4 is 0 Å². The van der Waals surface area contributed by atoms with Gasteiger partial charge in [0.1, 0.15) is 4.34 Å². The summed E-state index contributed by atoms with van der Waals surface area (Å²) in [7, 11) is 0. The maximum atomic E-state index is 12.5. The van der Waals surface area contributed by atoms with E-state index >= 15 is 0 Å². The minimum absolute atomic E-state index is 0.159. The molecule has 22 heavy (non-hydrogen) atoms. The summed E-state index contributed by atoms with van der Waals surface area (Å²) in [6, 6.07) is 0. The molecule has 0 bridgehead atoms. The molecule has 0 fully saturated rings. The average molecular weight is 336 g/mol. The van der Waals surface area contributed by atoms with Crippen molar-refractivity contribution in [1.29, 1.82) is 0 Å². The molecule has 0 aromatic carbocycles. The number of aromatic nitrogens is 3. The van der Waals surface area contributed by atoms with Crippen molar-refractivity contribution in [2.75, 3.05) is 12.3 Å². The molecule has 1 amide bonds. The zero-order chi connectivity index (χ0) is 15.5. The molecule has 0 saturated carbocycles. The van der Waals surface area contributed by atoms with E-state index in [1.165, 1.54) is 11.3 Å². The maximum Gasteiger partial charge on any atom is 0.228 e. The second-order valence-electron chi connectivity index (χ2n) is 5.26. The quantitative estimate of drug-likeness (QED) is 0.853. The Morgan fingerprint density at radius 1 is 1.50 bits per heavy atom. The smallest absolute Gasteiger partial charge is 0.228 e. The van der Waals surface area contributed by atoms with E-state index in [0.717, 1.165) is 40.9 Å². The number of thiazole rings is 1. The number of aromatic amines is 1. The van der Waals surface area contributed by atoms with Gasteiger partial charge in [-0.25, -0.2) is 4.98 Å². The number of fused-ring (bicyclic) bond motifs is 1. The topological polar surface area (TPSA) is 61.9 Å². The molecular weight excluding hydrogens is 316 g/mol. The van der Waals surface area contributed by atoms with E-state index in [1.807, 2.05) is 10.3 Å². The summed E-state index contributed by atoms with van der Waals surface area (Å²) in [6.45, 7) is 5.64. The van der Waals surface area contributed by atoms with Crippen molar-refractivity contribution in [2.24, 2.45) is 0 Å². The van der Waals surface area contributed by atoms with Gasteiger partial charge in [0.15, 0.2) is 0 Å². The monoisotopic (exact) mass is 336 g/mol. The van der Waals surface area contributed by atoms with Crippen molar-refractivity contribution in [2.45, 2.75) is 44.0 Å². The molecule has 0 aliphatic carbocycles. The van der Waals surface area contributed by atoms with Crippen LogP contribution in [0.2, 0.25) is 0 Å². The second kappa shape index (κ2) is 6.83. The minimum atomic E-state index is 0.159. The summed E-state index contributed by atoms with van der Waals surface area (Å²) < 4.78 is 1.05. The van der Waals surface area contributed by atoms with Gasteiger partial charge in [-0.15, -0.1) is 11.3 Å². The first-order valence-corrected chi connectivity index (χ1v) is 9.47. The van der Waals surface area contributed by atoms with E-state index in [2.05, 4.69) is 29.0 Å². The number of aryl methyl sites for hydroxylation is 1. The van der Waals surface area contributed by atoms with Crippen LogP contribution in [0, 0.1) is 0 Å². The van der Waals surface area contributed by atoms with Gasteiger partial charge in [0, 0.05) is 36.1 Å². The fraction of sp³-hybridized carbons (Fsp3) is 0.533. The zero-order valence-corrected chi connectivity index (χ0v) is 14.5. The molecule has 1 N–H and O–H groups in total. The van der Waals surface area contributed by atoms with Crippen LogP contribution in [0.3, 0.4) is 0 Å². The second-order valence-corrected chi connectivity index (χ2v) is 7.63. The standard InChI is InChI=1S/C15H20N4OS2/c1-3-12-11-8-19(6-5-13(11)18-17-12)14(20)7-10-9-22-15(16-10)21-4-2/h9H,3-8H2,1-2H3,(H,17,18). The number of H-pyrrole nitrogens is 1. The number of carbonyl (C=O) groups excluding carboxylic acids is 1. The van der Waals surface area contributed by atoms with Crippen molar-refractivity contribution in [3.63, 3.8) is 0 Å².